The van der Waals surface area contributed by atoms with Gasteiger partial charge in [0, 0.05) is 23.3 Å². The van der Waals surface area contributed by atoms with Gasteiger partial charge in [0.2, 0.25) is 0 Å². The van der Waals surface area contributed by atoms with Crippen LogP contribution in [0.3, 0.4) is 0 Å². The Morgan fingerprint density at radius 1 is 1.21 bits per heavy atom. The second-order valence-electron chi connectivity index (χ2n) is 7.08. The molecule has 2 aromatic carbocycles. The third-order valence-electron chi connectivity index (χ3n) is 4.54. The molecule has 1 aliphatic heterocycles. The van der Waals surface area contributed by atoms with Crippen LogP contribution in [0, 0.1) is 5.92 Å². The van der Waals surface area contributed by atoms with Crippen molar-refractivity contribution < 1.29 is 14.1 Å². The summed E-state index contributed by atoms with van der Waals surface area (Å²) in [5.41, 5.74) is 2.17. The summed E-state index contributed by atoms with van der Waals surface area (Å²) < 4.78 is 12.9. The van der Waals surface area contributed by atoms with E-state index in [0.29, 0.717) is 39.1 Å². The molecule has 6 heteroatoms. The molecule has 0 spiro atoms. The van der Waals surface area contributed by atoms with Crippen LogP contribution in [-0.2, 0) is 11.2 Å². The predicted octanol–water partition coefficient (Wildman–Crippen LogP) is 4.31. The summed E-state index contributed by atoms with van der Waals surface area (Å²) in [7, 11) is 0. The van der Waals surface area contributed by atoms with Gasteiger partial charge in [-0.1, -0.05) is 44.2 Å². The zero-order valence-corrected chi connectivity index (χ0v) is 17.5. The Kier molecular flexibility index (Phi) is 6.56. The van der Waals surface area contributed by atoms with Gasteiger partial charge in [-0.05, 0) is 48.7 Å². The molecule has 3 rings (SSSR count). The predicted molar refractivity (Wildman–Crippen MR) is 116 cm³/mol. The minimum absolute atomic E-state index is 0.258. The van der Waals surface area contributed by atoms with Crippen molar-refractivity contribution in [3.63, 3.8) is 0 Å². The smallest absolute Gasteiger partial charge is 0.260 e. The largest absolute Gasteiger partial charge is 0.606 e. The number of hydrogen-bond donors (Lipinski definition) is 2. The van der Waals surface area contributed by atoms with Crippen molar-refractivity contribution in [1.82, 2.24) is 5.32 Å². The highest BCUT2D eigenvalue weighted by molar-refractivity contribution is 7.91. The lowest BCUT2D eigenvalue weighted by molar-refractivity contribution is 0.0955. The van der Waals surface area contributed by atoms with Crippen LogP contribution in [0.5, 0.6) is 0 Å². The molecule has 1 aliphatic rings. The fourth-order valence-electron chi connectivity index (χ4n) is 2.91. The van der Waals surface area contributed by atoms with E-state index in [1.165, 1.54) is 0 Å². The Bertz CT molecular complexity index is 995. The summed E-state index contributed by atoms with van der Waals surface area (Å²) in [4.78, 5) is 26.1. The Labute approximate surface area is 174 Å². The average Bonchev–Trinajstić information content (AvgIpc) is 2.82. The van der Waals surface area contributed by atoms with Crippen LogP contribution in [0.2, 0.25) is 0 Å². The molecule has 150 valence electrons. The second-order valence-corrected chi connectivity index (χ2v) is 8.50. The van der Waals surface area contributed by atoms with Crippen LogP contribution in [0.15, 0.2) is 76.1 Å². The number of nitrogens with one attached hydrogen (secondary N) is 2. The molecule has 0 saturated carbocycles. The zero-order valence-electron chi connectivity index (χ0n) is 16.7. The van der Waals surface area contributed by atoms with E-state index in [1.54, 1.807) is 42.5 Å². The van der Waals surface area contributed by atoms with E-state index >= 15 is 0 Å². The second kappa shape index (κ2) is 9.11. The van der Waals surface area contributed by atoms with Crippen molar-refractivity contribution in [2.75, 3.05) is 11.9 Å². The maximum absolute atomic E-state index is 12.9. The zero-order chi connectivity index (χ0) is 21.0. The van der Waals surface area contributed by atoms with Gasteiger partial charge in [0.1, 0.15) is 0 Å². The lowest BCUT2D eigenvalue weighted by atomic mass is 10.1. The van der Waals surface area contributed by atoms with Gasteiger partial charge in [0.25, 0.3) is 11.8 Å². The lowest BCUT2D eigenvalue weighted by Gasteiger charge is -2.12. The summed E-state index contributed by atoms with van der Waals surface area (Å²) in [6.45, 7) is 6.51. The van der Waals surface area contributed by atoms with Gasteiger partial charge >= 0.3 is 0 Å². The summed E-state index contributed by atoms with van der Waals surface area (Å²) in [6.07, 6.45) is 6.03. The SMILES string of the molecule is C/C=C(\C=C/C(C)C)CNC(=O)c1ccc2c(c1)NC(=O)c1ccccc1[S+]2[O-]. The van der Waals surface area contributed by atoms with Gasteiger partial charge in [-0.2, -0.15) is 0 Å². The fourth-order valence-corrected chi connectivity index (χ4v) is 4.21. The first-order valence-corrected chi connectivity index (χ1v) is 10.6. The van der Waals surface area contributed by atoms with Crippen LogP contribution in [-0.4, -0.2) is 22.9 Å². The van der Waals surface area contributed by atoms with Gasteiger partial charge in [-0.3, -0.25) is 9.59 Å². The van der Waals surface area contributed by atoms with Gasteiger partial charge in [-0.15, -0.1) is 0 Å². The molecule has 0 bridgehead atoms. The van der Waals surface area contributed by atoms with Crippen molar-refractivity contribution in [3.8, 4) is 0 Å². The maximum Gasteiger partial charge on any atom is 0.260 e. The summed E-state index contributed by atoms with van der Waals surface area (Å²) in [6, 6.07) is 11.7. The molecule has 0 aliphatic carbocycles. The molecule has 2 aromatic rings. The van der Waals surface area contributed by atoms with Crippen molar-refractivity contribution in [2.24, 2.45) is 5.92 Å². The van der Waals surface area contributed by atoms with Gasteiger partial charge in [0.15, 0.2) is 9.79 Å². The molecular formula is C23H24N2O3S. The number of carbonyl (C=O) groups is 2. The highest BCUT2D eigenvalue weighted by Crippen LogP contribution is 2.34. The highest BCUT2D eigenvalue weighted by Gasteiger charge is 2.30. The molecule has 29 heavy (non-hydrogen) atoms. The molecule has 2 N–H and O–H groups in total. The average molecular weight is 409 g/mol. The van der Waals surface area contributed by atoms with Crippen LogP contribution in [0.25, 0.3) is 0 Å². The van der Waals surface area contributed by atoms with Gasteiger partial charge < -0.3 is 15.2 Å². The van der Waals surface area contributed by atoms with Crippen LogP contribution < -0.4 is 10.6 Å². The van der Waals surface area contributed by atoms with Crippen molar-refractivity contribution >= 4 is 28.7 Å². The van der Waals surface area contributed by atoms with E-state index in [2.05, 4.69) is 30.6 Å². The molecule has 0 radical (unpaired) electrons. The van der Waals surface area contributed by atoms with E-state index in [0.717, 1.165) is 5.57 Å². The molecule has 0 aromatic heterocycles. The molecule has 5 nitrogen and oxygen atoms in total. The van der Waals surface area contributed by atoms with E-state index < -0.39 is 11.2 Å². The Morgan fingerprint density at radius 3 is 2.69 bits per heavy atom. The molecule has 1 atom stereocenters. The summed E-state index contributed by atoms with van der Waals surface area (Å²) in [5.74, 6) is -0.161. The standard InChI is InChI=1S/C23H24N2O3S/c1-4-16(10-9-15(2)3)14-24-22(26)17-11-12-21-19(13-17)25-23(27)18-7-5-6-8-20(18)29(21)28/h4-13,15H,14H2,1-3H3,(H,24,26)(H,25,27)/b10-9-,16-4+. The molecule has 2 amide bonds. The minimum atomic E-state index is -1.50. The molecule has 1 heterocycles. The monoisotopic (exact) mass is 408 g/mol. The number of hydrogen-bond acceptors (Lipinski definition) is 3. The summed E-state index contributed by atoms with van der Waals surface area (Å²) >= 11 is -1.50. The number of amides is 2. The summed E-state index contributed by atoms with van der Waals surface area (Å²) in [5, 5.41) is 5.67. The van der Waals surface area contributed by atoms with Crippen molar-refractivity contribution in [3.05, 3.63) is 77.4 Å². The first-order valence-electron chi connectivity index (χ1n) is 9.48. The fraction of sp³-hybridized carbons (Fsp3) is 0.217. The topological polar surface area (TPSA) is 81.3 Å². The highest BCUT2D eigenvalue weighted by atomic mass is 32.2. The van der Waals surface area contributed by atoms with E-state index in [-0.39, 0.29) is 11.8 Å². The van der Waals surface area contributed by atoms with Crippen LogP contribution in [0.1, 0.15) is 41.5 Å². The van der Waals surface area contributed by atoms with Crippen molar-refractivity contribution in [2.45, 2.75) is 30.6 Å². The lowest BCUT2D eigenvalue weighted by Crippen LogP contribution is -2.25. The number of benzene rings is 2. The number of fused-ring (bicyclic) bond motifs is 2. The van der Waals surface area contributed by atoms with E-state index in [9.17, 15) is 14.1 Å². The molecular weight excluding hydrogens is 384 g/mol. The van der Waals surface area contributed by atoms with Crippen LogP contribution in [0.4, 0.5) is 5.69 Å². The Morgan fingerprint density at radius 2 is 1.97 bits per heavy atom. The Hall–Kier alpha value is -2.83. The minimum Gasteiger partial charge on any atom is -0.606 e. The third kappa shape index (κ3) is 4.78. The number of rotatable bonds is 5. The first-order chi connectivity index (χ1) is 13.9. The quantitative estimate of drug-likeness (QED) is 0.571. The molecule has 0 saturated heterocycles. The third-order valence-corrected chi connectivity index (χ3v) is 6.05. The molecule has 1 unspecified atom stereocenters. The first kappa shape index (κ1) is 20.9. The van der Waals surface area contributed by atoms with E-state index in [4.69, 9.17) is 0 Å². The van der Waals surface area contributed by atoms with E-state index in [1.807, 2.05) is 19.1 Å². The number of carbonyl (C=O) groups excluding carboxylic acids is 2. The number of anilines is 1. The maximum atomic E-state index is 12.9. The van der Waals surface area contributed by atoms with Crippen molar-refractivity contribution in [1.29, 1.82) is 0 Å². The Balaban J connectivity index is 1.80. The normalized spacial score (nSPS) is 16.2. The molecule has 0 fully saturated rings. The number of allylic oxidation sites excluding steroid dienone is 2. The van der Waals surface area contributed by atoms with Gasteiger partial charge in [-0.25, -0.2) is 0 Å². The van der Waals surface area contributed by atoms with Gasteiger partial charge in [0.05, 0.1) is 11.3 Å². The van der Waals surface area contributed by atoms with Crippen LogP contribution >= 0.6 is 0 Å².